The predicted molar refractivity (Wildman–Crippen MR) is 124 cm³/mol. The van der Waals surface area contributed by atoms with Gasteiger partial charge in [-0.1, -0.05) is 19.9 Å². The standard InChI is InChI=1S/C23H31FN2O6S/c1-16(2)22(26-33(4,28)29)23(27)25-12-11-17-5-10-20(21(15-17)30-3)32-14-13-31-19-8-6-18(24)7-9-19/h5-10,15-16,22,26H,11-14H2,1-4H3,(H,25,27). The van der Waals surface area contributed by atoms with Gasteiger partial charge in [0.15, 0.2) is 11.5 Å². The minimum Gasteiger partial charge on any atom is -0.493 e. The molecule has 1 unspecified atom stereocenters. The Labute approximate surface area is 194 Å². The molecule has 0 saturated carbocycles. The van der Waals surface area contributed by atoms with Crippen molar-refractivity contribution in [3.63, 3.8) is 0 Å². The summed E-state index contributed by atoms with van der Waals surface area (Å²) in [5, 5.41) is 2.77. The summed E-state index contributed by atoms with van der Waals surface area (Å²) < 4.78 is 54.9. The molecule has 33 heavy (non-hydrogen) atoms. The van der Waals surface area contributed by atoms with Gasteiger partial charge in [-0.05, 0) is 54.3 Å². The van der Waals surface area contributed by atoms with Crippen molar-refractivity contribution < 1.29 is 31.8 Å². The summed E-state index contributed by atoms with van der Waals surface area (Å²) in [7, 11) is -1.96. The maximum atomic E-state index is 12.9. The van der Waals surface area contributed by atoms with E-state index in [1.54, 1.807) is 32.0 Å². The van der Waals surface area contributed by atoms with Crippen LogP contribution in [-0.4, -0.2) is 53.5 Å². The third-order valence-corrected chi connectivity index (χ3v) is 5.34. The summed E-state index contributed by atoms with van der Waals surface area (Å²) in [5.41, 5.74) is 0.916. The molecule has 0 aliphatic carbocycles. The molecule has 182 valence electrons. The molecular weight excluding hydrogens is 451 g/mol. The molecule has 10 heteroatoms. The summed E-state index contributed by atoms with van der Waals surface area (Å²) in [4.78, 5) is 12.4. The lowest BCUT2D eigenvalue weighted by molar-refractivity contribution is -0.123. The van der Waals surface area contributed by atoms with Crippen molar-refractivity contribution in [3.8, 4) is 17.2 Å². The van der Waals surface area contributed by atoms with Crippen molar-refractivity contribution >= 4 is 15.9 Å². The molecule has 0 aromatic heterocycles. The Bertz CT molecular complexity index is 1010. The number of hydrogen-bond acceptors (Lipinski definition) is 6. The molecule has 2 N–H and O–H groups in total. The van der Waals surface area contributed by atoms with Crippen LogP contribution in [0.15, 0.2) is 42.5 Å². The first-order valence-corrected chi connectivity index (χ1v) is 12.4. The van der Waals surface area contributed by atoms with Gasteiger partial charge in [-0.3, -0.25) is 4.79 Å². The van der Waals surface area contributed by atoms with E-state index in [0.29, 0.717) is 30.2 Å². The van der Waals surface area contributed by atoms with Crippen molar-refractivity contribution in [3.05, 3.63) is 53.8 Å². The fourth-order valence-electron chi connectivity index (χ4n) is 2.99. The lowest BCUT2D eigenvalue weighted by Gasteiger charge is -2.20. The average Bonchev–Trinajstić information content (AvgIpc) is 2.76. The lowest BCUT2D eigenvalue weighted by atomic mass is 10.0. The molecule has 0 radical (unpaired) electrons. The van der Waals surface area contributed by atoms with Crippen LogP contribution in [0.25, 0.3) is 0 Å². The van der Waals surface area contributed by atoms with Gasteiger partial charge >= 0.3 is 0 Å². The van der Waals surface area contributed by atoms with E-state index in [4.69, 9.17) is 14.2 Å². The molecular formula is C23H31FN2O6S. The van der Waals surface area contributed by atoms with Crippen LogP contribution in [0.3, 0.4) is 0 Å². The Kier molecular flexibility index (Phi) is 9.93. The third kappa shape index (κ3) is 9.27. The monoisotopic (exact) mass is 482 g/mol. The van der Waals surface area contributed by atoms with E-state index in [1.165, 1.54) is 19.2 Å². The fraction of sp³-hybridized carbons (Fsp3) is 0.435. The number of methoxy groups -OCH3 is 1. The van der Waals surface area contributed by atoms with Crippen molar-refractivity contribution in [1.29, 1.82) is 0 Å². The van der Waals surface area contributed by atoms with E-state index in [9.17, 15) is 17.6 Å². The maximum Gasteiger partial charge on any atom is 0.238 e. The Morgan fingerprint density at radius 1 is 1.03 bits per heavy atom. The molecule has 0 spiro atoms. The number of rotatable bonds is 13. The van der Waals surface area contributed by atoms with Crippen LogP contribution < -0.4 is 24.2 Å². The highest BCUT2D eigenvalue weighted by Gasteiger charge is 2.24. The Balaban J connectivity index is 1.84. The van der Waals surface area contributed by atoms with Gasteiger partial charge in [-0.2, -0.15) is 0 Å². The molecule has 1 atom stereocenters. The van der Waals surface area contributed by atoms with E-state index in [2.05, 4.69) is 10.0 Å². The number of carbonyl (C=O) groups excluding carboxylic acids is 1. The first-order valence-electron chi connectivity index (χ1n) is 10.5. The highest BCUT2D eigenvalue weighted by molar-refractivity contribution is 7.88. The zero-order chi connectivity index (χ0) is 24.4. The van der Waals surface area contributed by atoms with Crippen LogP contribution in [0.1, 0.15) is 19.4 Å². The first kappa shape index (κ1) is 26.4. The number of benzene rings is 2. The minimum absolute atomic E-state index is 0.191. The Hall–Kier alpha value is -2.85. The molecule has 0 heterocycles. The second-order valence-corrected chi connectivity index (χ2v) is 9.57. The largest absolute Gasteiger partial charge is 0.493 e. The van der Waals surface area contributed by atoms with Crippen molar-refractivity contribution in [2.75, 3.05) is 33.1 Å². The minimum atomic E-state index is -3.50. The Morgan fingerprint density at radius 2 is 1.70 bits per heavy atom. The molecule has 0 aliphatic heterocycles. The number of hydrogen-bond donors (Lipinski definition) is 2. The quantitative estimate of drug-likeness (QED) is 0.426. The zero-order valence-electron chi connectivity index (χ0n) is 19.3. The molecule has 0 fully saturated rings. The molecule has 8 nitrogen and oxygen atoms in total. The molecule has 2 rings (SSSR count). The molecule has 0 saturated heterocycles. The van der Waals surface area contributed by atoms with Crippen molar-refractivity contribution in [1.82, 2.24) is 10.0 Å². The molecule has 2 aromatic carbocycles. The van der Waals surface area contributed by atoms with Crippen LogP contribution in [-0.2, 0) is 21.2 Å². The number of sulfonamides is 1. The van der Waals surface area contributed by atoms with E-state index in [0.717, 1.165) is 11.8 Å². The zero-order valence-corrected chi connectivity index (χ0v) is 20.1. The number of amides is 1. The Morgan fingerprint density at radius 3 is 2.30 bits per heavy atom. The number of ether oxygens (including phenoxy) is 3. The highest BCUT2D eigenvalue weighted by atomic mass is 32.2. The third-order valence-electron chi connectivity index (χ3n) is 4.65. The normalized spacial score (nSPS) is 12.3. The fourth-order valence-corrected chi connectivity index (χ4v) is 3.83. The summed E-state index contributed by atoms with van der Waals surface area (Å²) in [6, 6.07) is 10.4. The predicted octanol–water partition coefficient (Wildman–Crippen LogP) is 2.52. The van der Waals surface area contributed by atoms with Gasteiger partial charge in [-0.15, -0.1) is 0 Å². The molecule has 2 aromatic rings. The van der Waals surface area contributed by atoms with E-state index >= 15 is 0 Å². The van der Waals surface area contributed by atoms with Crippen molar-refractivity contribution in [2.45, 2.75) is 26.3 Å². The number of halogens is 1. The van der Waals surface area contributed by atoms with Gasteiger partial charge in [0.1, 0.15) is 30.8 Å². The summed E-state index contributed by atoms with van der Waals surface area (Å²) >= 11 is 0. The molecule has 0 bridgehead atoms. The van der Waals surface area contributed by atoms with E-state index < -0.39 is 16.1 Å². The highest BCUT2D eigenvalue weighted by Crippen LogP contribution is 2.28. The second-order valence-electron chi connectivity index (χ2n) is 7.79. The van der Waals surface area contributed by atoms with E-state index in [1.807, 2.05) is 12.1 Å². The van der Waals surface area contributed by atoms with Crippen LogP contribution in [0.2, 0.25) is 0 Å². The van der Waals surface area contributed by atoms with Gasteiger partial charge in [0.2, 0.25) is 15.9 Å². The van der Waals surface area contributed by atoms with Crippen molar-refractivity contribution in [2.24, 2.45) is 5.92 Å². The van der Waals surface area contributed by atoms with Crippen LogP contribution in [0.5, 0.6) is 17.2 Å². The smallest absolute Gasteiger partial charge is 0.238 e. The SMILES string of the molecule is COc1cc(CCNC(=O)C(NS(C)(=O)=O)C(C)C)ccc1OCCOc1ccc(F)cc1. The lowest BCUT2D eigenvalue weighted by Crippen LogP contribution is -2.49. The average molecular weight is 483 g/mol. The van der Waals surface area contributed by atoms with Gasteiger partial charge in [0, 0.05) is 6.54 Å². The van der Waals surface area contributed by atoms with Gasteiger partial charge in [0.05, 0.1) is 13.4 Å². The van der Waals surface area contributed by atoms with Crippen LogP contribution >= 0.6 is 0 Å². The van der Waals surface area contributed by atoms with Gasteiger partial charge in [-0.25, -0.2) is 17.5 Å². The number of nitrogens with one attached hydrogen (secondary N) is 2. The second kappa shape index (κ2) is 12.4. The first-order chi connectivity index (χ1) is 15.6. The number of carbonyl (C=O) groups is 1. The van der Waals surface area contributed by atoms with Gasteiger partial charge in [0.25, 0.3) is 0 Å². The summed E-state index contributed by atoms with van der Waals surface area (Å²) in [6.45, 7) is 4.43. The van der Waals surface area contributed by atoms with Crippen LogP contribution in [0, 0.1) is 11.7 Å². The topological polar surface area (TPSA) is 103 Å². The molecule has 0 aliphatic rings. The summed E-state index contributed by atoms with van der Waals surface area (Å²) in [6.07, 6.45) is 1.56. The van der Waals surface area contributed by atoms with E-state index in [-0.39, 0.29) is 30.9 Å². The molecule has 1 amide bonds. The summed E-state index contributed by atoms with van der Waals surface area (Å²) in [5.74, 6) is 0.750. The van der Waals surface area contributed by atoms with Crippen LogP contribution in [0.4, 0.5) is 4.39 Å². The van der Waals surface area contributed by atoms with Gasteiger partial charge < -0.3 is 19.5 Å². The maximum absolute atomic E-state index is 12.9.